The van der Waals surface area contributed by atoms with Gasteiger partial charge in [0.1, 0.15) is 0 Å². The Labute approximate surface area is 109 Å². The molecule has 4 nitrogen and oxygen atoms in total. The summed E-state index contributed by atoms with van der Waals surface area (Å²) in [7, 11) is 0. The Balaban J connectivity index is 0. The van der Waals surface area contributed by atoms with E-state index >= 15 is 0 Å². The van der Waals surface area contributed by atoms with Gasteiger partial charge in [-0.05, 0) is 27.7 Å². The van der Waals surface area contributed by atoms with Gasteiger partial charge in [0.15, 0.2) is 0 Å². The SMILES string of the molecule is CCO[B-](OCC)(OCC)OCC.[Na+]. The topological polar surface area (TPSA) is 36.9 Å². The average molecular weight is 214 g/mol. The Morgan fingerprint density at radius 3 is 1.00 bits per heavy atom. The molecule has 0 aliphatic rings. The molecule has 0 spiro atoms. The van der Waals surface area contributed by atoms with Crippen molar-refractivity contribution in [3.8, 4) is 0 Å². The molecule has 0 aromatic carbocycles. The summed E-state index contributed by atoms with van der Waals surface area (Å²) >= 11 is 0. The van der Waals surface area contributed by atoms with Gasteiger partial charge < -0.3 is 18.6 Å². The molecule has 0 atom stereocenters. The van der Waals surface area contributed by atoms with Crippen molar-refractivity contribution in [1.82, 2.24) is 0 Å². The summed E-state index contributed by atoms with van der Waals surface area (Å²) in [6, 6.07) is 0. The van der Waals surface area contributed by atoms with Crippen LogP contribution in [0.5, 0.6) is 0 Å². The van der Waals surface area contributed by atoms with E-state index in [0.29, 0.717) is 26.4 Å². The fraction of sp³-hybridized carbons (Fsp3) is 1.00. The minimum absolute atomic E-state index is 0. The zero-order chi connectivity index (χ0) is 10.2. The second kappa shape index (κ2) is 10.4. The van der Waals surface area contributed by atoms with Gasteiger partial charge in [-0.25, -0.2) is 0 Å². The number of rotatable bonds is 8. The van der Waals surface area contributed by atoms with Crippen LogP contribution in [-0.4, -0.2) is 33.4 Å². The summed E-state index contributed by atoms with van der Waals surface area (Å²) in [6.07, 6.45) is 0. The second-order valence-electron chi connectivity index (χ2n) is 2.40. The van der Waals surface area contributed by atoms with Gasteiger partial charge >= 0.3 is 36.5 Å². The van der Waals surface area contributed by atoms with Gasteiger partial charge in [0.2, 0.25) is 0 Å². The quantitative estimate of drug-likeness (QED) is 0.464. The predicted octanol–water partition coefficient (Wildman–Crippen LogP) is -1.43. The molecule has 80 valence electrons. The van der Waals surface area contributed by atoms with Gasteiger partial charge in [-0.1, -0.05) is 0 Å². The summed E-state index contributed by atoms with van der Waals surface area (Å²) in [5.41, 5.74) is 0. The van der Waals surface area contributed by atoms with E-state index in [1.54, 1.807) is 0 Å². The van der Waals surface area contributed by atoms with E-state index in [0.717, 1.165) is 0 Å². The molecule has 0 fully saturated rings. The smallest absolute Gasteiger partial charge is 0.519 e. The molecule has 0 N–H and O–H groups in total. The normalized spacial score (nSPS) is 11.1. The third-order valence-corrected chi connectivity index (χ3v) is 1.48. The fourth-order valence-electron chi connectivity index (χ4n) is 1.11. The molecule has 0 amide bonds. The Morgan fingerprint density at radius 2 is 0.857 bits per heavy atom. The Kier molecular flexibility index (Phi) is 12.9. The van der Waals surface area contributed by atoms with E-state index in [9.17, 15) is 0 Å². The average Bonchev–Trinajstić information content (AvgIpc) is 2.06. The third-order valence-electron chi connectivity index (χ3n) is 1.48. The second-order valence-corrected chi connectivity index (χ2v) is 2.40. The molecule has 14 heavy (non-hydrogen) atoms. The van der Waals surface area contributed by atoms with Crippen LogP contribution in [0.15, 0.2) is 0 Å². The van der Waals surface area contributed by atoms with E-state index < -0.39 is 6.96 Å². The summed E-state index contributed by atoms with van der Waals surface area (Å²) < 4.78 is 21.4. The minimum Gasteiger partial charge on any atom is -0.519 e. The van der Waals surface area contributed by atoms with E-state index in [2.05, 4.69) is 0 Å². The van der Waals surface area contributed by atoms with Crippen molar-refractivity contribution in [1.29, 1.82) is 0 Å². The van der Waals surface area contributed by atoms with Gasteiger partial charge in [0, 0.05) is 26.4 Å². The summed E-state index contributed by atoms with van der Waals surface area (Å²) in [6.45, 7) is 7.61. The Bertz CT molecular complexity index is 96.4. The van der Waals surface area contributed by atoms with Gasteiger partial charge in [0.25, 0.3) is 0 Å². The molecule has 0 bridgehead atoms. The molecule has 0 aromatic heterocycles. The van der Waals surface area contributed by atoms with E-state index in [1.165, 1.54) is 0 Å². The monoisotopic (exact) mass is 214 g/mol. The molecule has 0 aliphatic heterocycles. The maximum Gasteiger partial charge on any atom is 1.00 e. The van der Waals surface area contributed by atoms with Crippen molar-refractivity contribution in [2.24, 2.45) is 0 Å². The number of hydrogen-bond donors (Lipinski definition) is 0. The molecular formula is C8H20BNaO4. The van der Waals surface area contributed by atoms with Crippen molar-refractivity contribution in [2.75, 3.05) is 26.4 Å². The molecule has 0 saturated heterocycles. The Morgan fingerprint density at radius 1 is 0.643 bits per heavy atom. The van der Waals surface area contributed by atoms with Crippen molar-refractivity contribution >= 4 is 6.96 Å². The van der Waals surface area contributed by atoms with Crippen molar-refractivity contribution in [3.63, 3.8) is 0 Å². The fourth-order valence-corrected chi connectivity index (χ4v) is 1.11. The van der Waals surface area contributed by atoms with Crippen LogP contribution in [0.4, 0.5) is 0 Å². The molecule has 0 unspecified atom stereocenters. The predicted molar refractivity (Wildman–Crippen MR) is 52.3 cm³/mol. The van der Waals surface area contributed by atoms with Crippen molar-refractivity contribution in [3.05, 3.63) is 0 Å². The zero-order valence-electron chi connectivity index (χ0n) is 10.0. The molecule has 0 aromatic rings. The standard InChI is InChI=1S/C8H20BO4.Na/c1-5-10-9(11-6-2,12-7-3)13-8-4;/h5-8H2,1-4H3;/q-1;+1. The van der Waals surface area contributed by atoms with E-state index in [-0.39, 0.29) is 29.6 Å². The zero-order valence-corrected chi connectivity index (χ0v) is 12.0. The molecular weight excluding hydrogens is 194 g/mol. The van der Waals surface area contributed by atoms with Gasteiger partial charge in [-0.2, -0.15) is 0 Å². The summed E-state index contributed by atoms with van der Waals surface area (Å²) in [5.74, 6) is 0. The minimum atomic E-state index is -1.97. The first-order valence-electron chi connectivity index (χ1n) is 4.93. The van der Waals surface area contributed by atoms with Gasteiger partial charge in [-0.15, -0.1) is 0 Å². The first kappa shape index (κ1) is 17.3. The molecule has 0 saturated carbocycles. The first-order valence-corrected chi connectivity index (χ1v) is 4.93. The molecule has 0 heterocycles. The molecule has 0 rings (SSSR count). The largest absolute Gasteiger partial charge is 1.00 e. The van der Waals surface area contributed by atoms with Crippen LogP contribution >= 0.6 is 0 Å². The van der Waals surface area contributed by atoms with E-state index in [1.807, 2.05) is 27.7 Å². The summed E-state index contributed by atoms with van der Waals surface area (Å²) in [4.78, 5) is 0. The van der Waals surface area contributed by atoms with Crippen LogP contribution in [0.2, 0.25) is 0 Å². The van der Waals surface area contributed by atoms with Crippen LogP contribution in [0.3, 0.4) is 0 Å². The van der Waals surface area contributed by atoms with Crippen LogP contribution in [0.1, 0.15) is 27.7 Å². The van der Waals surface area contributed by atoms with Crippen LogP contribution in [0.25, 0.3) is 0 Å². The summed E-state index contributed by atoms with van der Waals surface area (Å²) in [5, 5.41) is 0. The van der Waals surface area contributed by atoms with Crippen LogP contribution in [0, 0.1) is 0 Å². The van der Waals surface area contributed by atoms with Crippen LogP contribution < -0.4 is 29.6 Å². The molecule has 0 aliphatic carbocycles. The molecule has 0 radical (unpaired) electrons. The maximum atomic E-state index is 5.35. The number of hydrogen-bond acceptors (Lipinski definition) is 4. The van der Waals surface area contributed by atoms with Crippen molar-refractivity contribution < 1.29 is 48.2 Å². The van der Waals surface area contributed by atoms with Gasteiger partial charge in [0.05, 0.1) is 0 Å². The Hall–Kier alpha value is 0.905. The van der Waals surface area contributed by atoms with E-state index in [4.69, 9.17) is 18.6 Å². The van der Waals surface area contributed by atoms with Crippen LogP contribution in [-0.2, 0) is 18.6 Å². The maximum absolute atomic E-state index is 5.35. The first-order chi connectivity index (χ1) is 6.24. The van der Waals surface area contributed by atoms with Gasteiger partial charge in [-0.3, -0.25) is 0 Å². The van der Waals surface area contributed by atoms with Crippen molar-refractivity contribution in [2.45, 2.75) is 27.7 Å². The molecule has 6 heteroatoms. The third kappa shape index (κ3) is 6.40.